The predicted molar refractivity (Wildman–Crippen MR) is 75.3 cm³/mol. The van der Waals surface area contributed by atoms with Gasteiger partial charge in [-0.05, 0) is 45.1 Å². The van der Waals surface area contributed by atoms with Crippen LogP contribution in [-0.2, 0) is 9.47 Å². The van der Waals surface area contributed by atoms with Gasteiger partial charge in [0.25, 0.3) is 0 Å². The molecule has 112 valence electrons. The van der Waals surface area contributed by atoms with Crippen LogP contribution >= 0.6 is 0 Å². The number of hydrogen-bond acceptors (Lipinski definition) is 4. The molecule has 4 heteroatoms. The summed E-state index contributed by atoms with van der Waals surface area (Å²) in [4.78, 5) is 2.61. The molecule has 2 aliphatic heterocycles. The number of likely N-dealkylation sites (tertiary alicyclic amines) is 1. The van der Waals surface area contributed by atoms with Gasteiger partial charge in [-0.1, -0.05) is 0 Å². The molecule has 4 nitrogen and oxygen atoms in total. The van der Waals surface area contributed by atoms with E-state index in [0.717, 1.165) is 58.5 Å². The summed E-state index contributed by atoms with van der Waals surface area (Å²) in [5.41, 5.74) is 0.106. The molecule has 2 rings (SSSR count). The Kier molecular flexibility index (Phi) is 6.07. The molecular weight excluding hydrogens is 242 g/mol. The van der Waals surface area contributed by atoms with Crippen LogP contribution in [0.5, 0.6) is 0 Å². The third-order valence-corrected chi connectivity index (χ3v) is 4.79. The standard InChI is InChI=1S/C15H29NO3/c1-18-9-3-7-15(13-17)6-2-8-16(12-15)14-4-10-19-11-5-14/h14,17H,2-13H2,1H3/t15-/m0/s1. The monoisotopic (exact) mass is 271 g/mol. The first-order chi connectivity index (χ1) is 9.29. The highest BCUT2D eigenvalue weighted by atomic mass is 16.5. The smallest absolute Gasteiger partial charge is 0.0499 e. The van der Waals surface area contributed by atoms with Crippen molar-refractivity contribution >= 4 is 0 Å². The van der Waals surface area contributed by atoms with Gasteiger partial charge in [0.05, 0.1) is 0 Å². The largest absolute Gasteiger partial charge is 0.396 e. The molecule has 0 aromatic carbocycles. The van der Waals surface area contributed by atoms with Crippen molar-refractivity contribution in [2.24, 2.45) is 5.41 Å². The van der Waals surface area contributed by atoms with Crippen molar-refractivity contribution in [2.75, 3.05) is 46.6 Å². The third kappa shape index (κ3) is 4.15. The molecule has 2 aliphatic rings. The lowest BCUT2D eigenvalue weighted by atomic mass is 9.76. The van der Waals surface area contributed by atoms with Gasteiger partial charge in [-0.2, -0.15) is 0 Å². The normalized spacial score (nSPS) is 30.6. The van der Waals surface area contributed by atoms with E-state index in [1.807, 2.05) is 0 Å². The Morgan fingerprint density at radius 1 is 1.37 bits per heavy atom. The van der Waals surface area contributed by atoms with Crippen LogP contribution < -0.4 is 0 Å². The van der Waals surface area contributed by atoms with E-state index in [9.17, 15) is 5.11 Å². The third-order valence-electron chi connectivity index (χ3n) is 4.79. The zero-order valence-corrected chi connectivity index (χ0v) is 12.3. The molecule has 0 amide bonds. The summed E-state index contributed by atoms with van der Waals surface area (Å²) in [5.74, 6) is 0. The van der Waals surface area contributed by atoms with E-state index in [2.05, 4.69) is 4.90 Å². The van der Waals surface area contributed by atoms with Crippen molar-refractivity contribution in [3.63, 3.8) is 0 Å². The molecule has 0 aliphatic carbocycles. The number of methoxy groups -OCH3 is 1. The maximum atomic E-state index is 9.86. The summed E-state index contributed by atoms with van der Waals surface area (Å²) in [6, 6.07) is 0.669. The maximum absolute atomic E-state index is 9.86. The van der Waals surface area contributed by atoms with Crippen LogP contribution in [0, 0.1) is 5.41 Å². The summed E-state index contributed by atoms with van der Waals surface area (Å²) >= 11 is 0. The van der Waals surface area contributed by atoms with Crippen molar-refractivity contribution in [3.05, 3.63) is 0 Å². The summed E-state index contributed by atoms with van der Waals surface area (Å²) in [6.45, 7) is 5.16. The first-order valence-electron chi connectivity index (χ1n) is 7.71. The van der Waals surface area contributed by atoms with E-state index in [1.54, 1.807) is 7.11 Å². The van der Waals surface area contributed by atoms with E-state index in [1.165, 1.54) is 13.0 Å². The number of nitrogens with zero attached hydrogens (tertiary/aromatic N) is 1. The van der Waals surface area contributed by atoms with E-state index in [-0.39, 0.29) is 5.41 Å². The van der Waals surface area contributed by atoms with Crippen LogP contribution in [0.2, 0.25) is 0 Å². The topological polar surface area (TPSA) is 41.9 Å². The van der Waals surface area contributed by atoms with E-state index in [4.69, 9.17) is 9.47 Å². The highest BCUT2D eigenvalue weighted by Gasteiger charge is 2.37. The quantitative estimate of drug-likeness (QED) is 0.746. The van der Waals surface area contributed by atoms with Gasteiger partial charge in [-0.25, -0.2) is 0 Å². The number of piperidine rings is 1. The minimum Gasteiger partial charge on any atom is -0.396 e. The Morgan fingerprint density at radius 2 is 2.16 bits per heavy atom. The number of aliphatic hydroxyl groups excluding tert-OH is 1. The molecule has 0 bridgehead atoms. The Labute approximate surface area is 117 Å². The van der Waals surface area contributed by atoms with Crippen LogP contribution in [0.4, 0.5) is 0 Å². The van der Waals surface area contributed by atoms with Gasteiger partial charge in [0, 0.05) is 51.5 Å². The SMILES string of the molecule is COCCC[C@@]1(CO)CCCN(C2CCOCC2)C1. The Morgan fingerprint density at radius 3 is 2.84 bits per heavy atom. The lowest BCUT2D eigenvalue weighted by molar-refractivity contribution is -0.0287. The molecule has 1 N–H and O–H groups in total. The van der Waals surface area contributed by atoms with Gasteiger partial charge in [-0.3, -0.25) is 4.90 Å². The predicted octanol–water partition coefficient (Wildman–Crippen LogP) is 1.67. The van der Waals surface area contributed by atoms with Crippen molar-refractivity contribution in [2.45, 2.75) is 44.6 Å². The molecular formula is C15H29NO3. The highest BCUT2D eigenvalue weighted by molar-refractivity contribution is 4.89. The summed E-state index contributed by atoms with van der Waals surface area (Å²) in [5, 5.41) is 9.86. The summed E-state index contributed by atoms with van der Waals surface area (Å²) in [7, 11) is 1.75. The lowest BCUT2D eigenvalue weighted by Crippen LogP contribution is -2.51. The highest BCUT2D eigenvalue weighted by Crippen LogP contribution is 2.36. The molecule has 0 aromatic heterocycles. The first kappa shape index (κ1) is 15.2. The van der Waals surface area contributed by atoms with E-state index in [0.29, 0.717) is 12.6 Å². The summed E-state index contributed by atoms with van der Waals surface area (Å²) < 4.78 is 10.6. The van der Waals surface area contributed by atoms with Gasteiger partial charge in [-0.15, -0.1) is 0 Å². The minimum absolute atomic E-state index is 0.106. The van der Waals surface area contributed by atoms with Gasteiger partial charge in [0.15, 0.2) is 0 Å². The van der Waals surface area contributed by atoms with Crippen LogP contribution in [0.1, 0.15) is 38.5 Å². The van der Waals surface area contributed by atoms with E-state index < -0.39 is 0 Å². The lowest BCUT2D eigenvalue weighted by Gasteiger charge is -2.46. The van der Waals surface area contributed by atoms with Crippen LogP contribution in [0.3, 0.4) is 0 Å². The molecule has 2 saturated heterocycles. The average Bonchev–Trinajstić information content (AvgIpc) is 2.49. The Hall–Kier alpha value is -0.160. The van der Waals surface area contributed by atoms with Gasteiger partial charge < -0.3 is 14.6 Å². The van der Waals surface area contributed by atoms with Crippen LogP contribution in [-0.4, -0.2) is 62.7 Å². The summed E-state index contributed by atoms with van der Waals surface area (Å²) in [6.07, 6.45) is 6.81. The second-order valence-electron chi connectivity index (χ2n) is 6.17. The fourth-order valence-electron chi connectivity index (χ4n) is 3.61. The fraction of sp³-hybridized carbons (Fsp3) is 1.00. The van der Waals surface area contributed by atoms with Crippen molar-refractivity contribution in [1.82, 2.24) is 4.90 Å². The Balaban J connectivity index is 1.89. The number of aliphatic hydroxyl groups is 1. The molecule has 0 saturated carbocycles. The first-order valence-corrected chi connectivity index (χ1v) is 7.71. The van der Waals surface area contributed by atoms with Crippen molar-refractivity contribution in [3.8, 4) is 0 Å². The molecule has 0 aromatic rings. The molecule has 0 radical (unpaired) electrons. The molecule has 1 atom stereocenters. The number of rotatable bonds is 6. The van der Waals surface area contributed by atoms with E-state index >= 15 is 0 Å². The maximum Gasteiger partial charge on any atom is 0.0499 e. The molecule has 2 fully saturated rings. The minimum atomic E-state index is 0.106. The van der Waals surface area contributed by atoms with Crippen LogP contribution in [0.25, 0.3) is 0 Å². The zero-order valence-electron chi connectivity index (χ0n) is 12.3. The zero-order chi connectivity index (χ0) is 13.6. The van der Waals surface area contributed by atoms with Gasteiger partial charge >= 0.3 is 0 Å². The number of ether oxygens (including phenoxy) is 2. The average molecular weight is 271 g/mol. The van der Waals surface area contributed by atoms with Gasteiger partial charge in [0.1, 0.15) is 0 Å². The van der Waals surface area contributed by atoms with Crippen molar-refractivity contribution in [1.29, 1.82) is 0 Å². The Bertz CT molecular complexity index is 256. The van der Waals surface area contributed by atoms with Crippen LogP contribution in [0.15, 0.2) is 0 Å². The van der Waals surface area contributed by atoms with Gasteiger partial charge in [0.2, 0.25) is 0 Å². The number of hydrogen-bond donors (Lipinski definition) is 1. The van der Waals surface area contributed by atoms with Crippen molar-refractivity contribution < 1.29 is 14.6 Å². The second-order valence-corrected chi connectivity index (χ2v) is 6.17. The molecule has 19 heavy (non-hydrogen) atoms. The second kappa shape index (κ2) is 7.58. The molecule has 0 unspecified atom stereocenters. The molecule has 2 heterocycles. The fourth-order valence-corrected chi connectivity index (χ4v) is 3.61. The molecule has 0 spiro atoms.